The van der Waals surface area contributed by atoms with Crippen LogP contribution < -0.4 is 0 Å². The molecule has 0 aromatic rings. The van der Waals surface area contributed by atoms with E-state index in [0.717, 1.165) is 5.57 Å². The second kappa shape index (κ2) is 2.52. The molecule has 1 rings (SSSR count). The molecule has 0 saturated heterocycles. The summed E-state index contributed by atoms with van der Waals surface area (Å²) in [5.41, 5.74) is 0.916. The van der Waals surface area contributed by atoms with Crippen molar-refractivity contribution in [1.82, 2.24) is 0 Å². The van der Waals surface area contributed by atoms with Crippen molar-refractivity contribution in [2.24, 2.45) is 5.92 Å². The Bertz CT molecular complexity index is 201. The van der Waals surface area contributed by atoms with Crippen LogP contribution in [-0.4, -0.2) is 0 Å². The van der Waals surface area contributed by atoms with Gasteiger partial charge in [0.2, 0.25) is 0 Å². The maximum atomic E-state index is 12.5. The van der Waals surface area contributed by atoms with Crippen molar-refractivity contribution in [2.45, 2.75) is 20.3 Å². The highest BCUT2D eigenvalue weighted by atomic mass is 19.2. The van der Waals surface area contributed by atoms with E-state index < -0.39 is 11.7 Å². The van der Waals surface area contributed by atoms with Crippen LogP contribution in [0.3, 0.4) is 0 Å². The summed E-state index contributed by atoms with van der Waals surface area (Å²) in [5, 5.41) is 0. The highest BCUT2D eigenvalue weighted by molar-refractivity contribution is 5.26. The lowest BCUT2D eigenvalue weighted by molar-refractivity contribution is 0.469. The Morgan fingerprint density at radius 3 is 2.60 bits per heavy atom. The van der Waals surface area contributed by atoms with E-state index in [1.165, 1.54) is 6.08 Å². The van der Waals surface area contributed by atoms with Crippen LogP contribution in [0.1, 0.15) is 20.3 Å². The Morgan fingerprint density at radius 2 is 2.10 bits per heavy atom. The molecule has 0 spiro atoms. The summed E-state index contributed by atoms with van der Waals surface area (Å²) in [6.45, 7) is 3.70. The molecule has 1 unspecified atom stereocenters. The summed E-state index contributed by atoms with van der Waals surface area (Å²) in [6.07, 6.45) is 1.48. The molecule has 2 heteroatoms. The lowest BCUT2D eigenvalue weighted by atomic mass is 9.94. The molecule has 0 radical (unpaired) electrons. The molecule has 0 N–H and O–H groups in total. The van der Waals surface area contributed by atoms with Crippen LogP contribution in [0.15, 0.2) is 23.3 Å². The normalized spacial score (nSPS) is 26.8. The van der Waals surface area contributed by atoms with E-state index in [1.54, 1.807) is 0 Å². The molecule has 0 saturated carbocycles. The lowest BCUT2D eigenvalue weighted by Crippen LogP contribution is -2.02. The number of hydrogen-bond donors (Lipinski definition) is 0. The summed E-state index contributed by atoms with van der Waals surface area (Å²) in [6, 6.07) is 0. The monoisotopic (exact) mass is 144 g/mol. The highest BCUT2D eigenvalue weighted by Gasteiger charge is 2.16. The lowest BCUT2D eigenvalue weighted by Gasteiger charge is -2.14. The second-order valence-corrected chi connectivity index (χ2v) is 2.75. The Morgan fingerprint density at radius 1 is 1.50 bits per heavy atom. The molecular weight excluding hydrogens is 134 g/mol. The first kappa shape index (κ1) is 7.45. The van der Waals surface area contributed by atoms with Crippen LogP contribution in [0.25, 0.3) is 0 Å². The van der Waals surface area contributed by atoms with E-state index in [2.05, 4.69) is 0 Å². The SMILES string of the molecule is CC1=CC(F)=C(F)CC1C. The molecule has 0 bridgehead atoms. The van der Waals surface area contributed by atoms with Gasteiger partial charge in [0.05, 0.1) is 0 Å². The van der Waals surface area contributed by atoms with Crippen LogP contribution in [-0.2, 0) is 0 Å². The quantitative estimate of drug-likeness (QED) is 0.490. The van der Waals surface area contributed by atoms with E-state index in [0.29, 0.717) is 0 Å². The van der Waals surface area contributed by atoms with Gasteiger partial charge in [0.1, 0.15) is 5.83 Å². The van der Waals surface area contributed by atoms with Gasteiger partial charge in [-0.1, -0.05) is 12.5 Å². The van der Waals surface area contributed by atoms with E-state index in [9.17, 15) is 8.78 Å². The Labute approximate surface area is 59.2 Å². The first-order valence-electron chi connectivity index (χ1n) is 3.33. The van der Waals surface area contributed by atoms with Gasteiger partial charge in [-0.2, -0.15) is 0 Å². The first-order valence-corrected chi connectivity index (χ1v) is 3.33. The minimum atomic E-state index is -0.699. The van der Waals surface area contributed by atoms with Crippen LogP contribution in [0.2, 0.25) is 0 Å². The second-order valence-electron chi connectivity index (χ2n) is 2.75. The predicted octanol–water partition coefficient (Wildman–Crippen LogP) is 3.12. The number of hydrogen-bond acceptors (Lipinski definition) is 0. The average molecular weight is 144 g/mol. The zero-order chi connectivity index (χ0) is 7.72. The van der Waals surface area contributed by atoms with Gasteiger partial charge >= 0.3 is 0 Å². The summed E-state index contributed by atoms with van der Waals surface area (Å²) in [4.78, 5) is 0. The van der Waals surface area contributed by atoms with Gasteiger partial charge in [0, 0.05) is 6.42 Å². The van der Waals surface area contributed by atoms with Crippen molar-refractivity contribution < 1.29 is 8.78 Å². The Kier molecular flexibility index (Phi) is 1.88. The third-order valence-corrected chi connectivity index (χ3v) is 1.88. The average Bonchev–Trinajstić information content (AvgIpc) is 1.84. The molecule has 56 valence electrons. The highest BCUT2D eigenvalue weighted by Crippen LogP contribution is 2.29. The van der Waals surface area contributed by atoms with Crippen molar-refractivity contribution in [1.29, 1.82) is 0 Å². The summed E-state index contributed by atoms with van der Waals surface area (Å²) < 4.78 is 24.9. The van der Waals surface area contributed by atoms with Crippen molar-refractivity contribution in [3.05, 3.63) is 23.3 Å². The van der Waals surface area contributed by atoms with Gasteiger partial charge in [0.25, 0.3) is 0 Å². The molecule has 0 fully saturated rings. The molecular formula is C8H10F2. The van der Waals surface area contributed by atoms with Gasteiger partial charge in [-0.3, -0.25) is 0 Å². The number of halogens is 2. The maximum absolute atomic E-state index is 12.5. The molecule has 1 atom stereocenters. The number of rotatable bonds is 0. The van der Waals surface area contributed by atoms with Gasteiger partial charge in [-0.15, -0.1) is 0 Å². The van der Waals surface area contributed by atoms with Crippen molar-refractivity contribution >= 4 is 0 Å². The Balaban J connectivity index is 2.88. The fourth-order valence-corrected chi connectivity index (χ4v) is 0.948. The van der Waals surface area contributed by atoms with E-state index in [4.69, 9.17) is 0 Å². The molecule has 10 heavy (non-hydrogen) atoms. The molecule has 0 aromatic carbocycles. The standard InChI is InChI=1S/C8H10F2/c1-5-3-7(9)8(10)4-6(5)2/h3,6H,4H2,1-2H3. The fourth-order valence-electron chi connectivity index (χ4n) is 0.948. The molecule has 0 heterocycles. The van der Waals surface area contributed by atoms with Crippen LogP contribution in [0, 0.1) is 5.92 Å². The third-order valence-electron chi connectivity index (χ3n) is 1.88. The Hall–Kier alpha value is -0.660. The predicted molar refractivity (Wildman–Crippen MR) is 36.8 cm³/mol. The van der Waals surface area contributed by atoms with E-state index in [-0.39, 0.29) is 12.3 Å². The van der Waals surface area contributed by atoms with Crippen molar-refractivity contribution in [3.63, 3.8) is 0 Å². The molecule has 1 aliphatic rings. The van der Waals surface area contributed by atoms with Crippen LogP contribution in [0.4, 0.5) is 8.78 Å². The van der Waals surface area contributed by atoms with Gasteiger partial charge in [-0.25, -0.2) is 8.78 Å². The molecule has 0 aromatic heterocycles. The molecule has 0 aliphatic heterocycles. The van der Waals surface area contributed by atoms with Gasteiger partial charge in [-0.05, 0) is 18.9 Å². The summed E-state index contributed by atoms with van der Waals surface area (Å²) in [7, 11) is 0. The largest absolute Gasteiger partial charge is 0.209 e. The topological polar surface area (TPSA) is 0 Å². The number of allylic oxidation sites excluding steroid dienone is 4. The van der Waals surface area contributed by atoms with E-state index >= 15 is 0 Å². The molecule has 1 aliphatic carbocycles. The maximum Gasteiger partial charge on any atom is 0.154 e. The van der Waals surface area contributed by atoms with Crippen LogP contribution >= 0.6 is 0 Å². The smallest absolute Gasteiger partial charge is 0.154 e. The van der Waals surface area contributed by atoms with Crippen molar-refractivity contribution in [2.75, 3.05) is 0 Å². The fraction of sp³-hybridized carbons (Fsp3) is 0.500. The van der Waals surface area contributed by atoms with Crippen molar-refractivity contribution in [3.8, 4) is 0 Å². The van der Waals surface area contributed by atoms with Gasteiger partial charge in [0.15, 0.2) is 5.83 Å². The molecule has 0 amide bonds. The van der Waals surface area contributed by atoms with Gasteiger partial charge < -0.3 is 0 Å². The third kappa shape index (κ3) is 1.25. The zero-order valence-corrected chi connectivity index (χ0v) is 6.12. The first-order chi connectivity index (χ1) is 4.61. The van der Waals surface area contributed by atoms with E-state index in [1.807, 2.05) is 13.8 Å². The molecule has 0 nitrogen and oxygen atoms in total. The van der Waals surface area contributed by atoms with Crippen LogP contribution in [0.5, 0.6) is 0 Å². The zero-order valence-electron chi connectivity index (χ0n) is 6.12. The minimum Gasteiger partial charge on any atom is -0.209 e. The summed E-state index contributed by atoms with van der Waals surface area (Å²) >= 11 is 0. The minimum absolute atomic E-state index is 0.152. The summed E-state index contributed by atoms with van der Waals surface area (Å²) in [5.74, 6) is -1.16.